The van der Waals surface area contributed by atoms with Crippen LogP contribution < -0.4 is 0 Å². The normalized spacial score (nSPS) is 31.4. The van der Waals surface area contributed by atoms with Gasteiger partial charge in [0.05, 0.1) is 24.5 Å². The molecule has 31 heavy (non-hydrogen) atoms. The highest BCUT2D eigenvalue weighted by Crippen LogP contribution is 2.79. The third kappa shape index (κ3) is 4.42. The molecule has 0 heterocycles. The van der Waals surface area contributed by atoms with Gasteiger partial charge in [-0.25, -0.2) is 0 Å². The Morgan fingerprint density at radius 3 is 1.97 bits per heavy atom. The molecule has 0 spiro atoms. The lowest BCUT2D eigenvalue weighted by atomic mass is 9.50. The van der Waals surface area contributed by atoms with Gasteiger partial charge in [0.15, 0.2) is 0 Å². The lowest BCUT2D eigenvalue weighted by Gasteiger charge is -2.52. The maximum absolute atomic E-state index is 14.1. The van der Waals surface area contributed by atoms with Gasteiger partial charge in [-0.2, -0.15) is 0 Å². The molecule has 180 valence electrons. The van der Waals surface area contributed by atoms with E-state index >= 15 is 0 Å². The van der Waals surface area contributed by atoms with Crippen LogP contribution in [-0.4, -0.2) is 25.2 Å². The first-order valence-electron chi connectivity index (χ1n) is 12.9. The van der Waals surface area contributed by atoms with Gasteiger partial charge in [0.2, 0.25) is 0 Å². The van der Waals surface area contributed by atoms with Gasteiger partial charge in [-0.3, -0.25) is 9.59 Å². The van der Waals surface area contributed by atoms with Crippen LogP contribution in [0.4, 0.5) is 0 Å². The first-order chi connectivity index (χ1) is 14.5. The molecule has 2 bridgehead atoms. The van der Waals surface area contributed by atoms with Gasteiger partial charge >= 0.3 is 11.9 Å². The summed E-state index contributed by atoms with van der Waals surface area (Å²) in [6.45, 7) is 18.5. The van der Waals surface area contributed by atoms with Crippen molar-refractivity contribution in [3.63, 3.8) is 0 Å². The first kappa shape index (κ1) is 26.2. The molecule has 2 aliphatic rings. The highest BCUT2D eigenvalue weighted by atomic mass is 16.5. The Morgan fingerprint density at radius 1 is 0.903 bits per heavy atom. The topological polar surface area (TPSA) is 52.6 Å². The number of fused-ring (bicyclic) bond motifs is 2. The molecule has 0 aliphatic heterocycles. The van der Waals surface area contributed by atoms with Crippen LogP contribution in [0.1, 0.15) is 107 Å². The van der Waals surface area contributed by atoms with Crippen molar-refractivity contribution < 1.29 is 19.1 Å². The number of hydrogen-bond donors (Lipinski definition) is 0. The van der Waals surface area contributed by atoms with Gasteiger partial charge in [-0.05, 0) is 67.1 Å². The minimum atomic E-state index is -0.797. The molecule has 2 rings (SSSR count). The summed E-state index contributed by atoms with van der Waals surface area (Å²) >= 11 is 0. The first-order valence-corrected chi connectivity index (χ1v) is 12.9. The van der Waals surface area contributed by atoms with E-state index in [9.17, 15) is 9.59 Å². The molecule has 2 saturated carbocycles. The number of unbranched alkanes of at least 4 members (excludes halogenated alkanes) is 2. The van der Waals surface area contributed by atoms with E-state index < -0.39 is 11.3 Å². The molecular weight excluding hydrogens is 388 g/mol. The van der Waals surface area contributed by atoms with Crippen LogP contribution in [0, 0.1) is 39.9 Å². The van der Waals surface area contributed by atoms with Crippen LogP contribution in [0.25, 0.3) is 0 Å². The average molecular weight is 437 g/mol. The average Bonchev–Trinajstić information content (AvgIpc) is 3.00. The molecule has 0 amide bonds. The maximum Gasteiger partial charge on any atom is 0.313 e. The Bertz CT molecular complexity index is 623. The van der Waals surface area contributed by atoms with Crippen molar-refractivity contribution in [2.75, 3.05) is 13.2 Å². The van der Waals surface area contributed by atoms with Gasteiger partial charge in [-0.1, -0.05) is 68.2 Å². The van der Waals surface area contributed by atoms with E-state index in [0.717, 1.165) is 44.9 Å². The Kier molecular flexibility index (Phi) is 8.66. The minimum Gasteiger partial charge on any atom is -0.465 e. The zero-order chi connectivity index (χ0) is 23.4. The predicted molar refractivity (Wildman–Crippen MR) is 126 cm³/mol. The Labute approximate surface area is 191 Å². The summed E-state index contributed by atoms with van der Waals surface area (Å²) in [5, 5.41) is 0. The number of carbonyl (C=O) groups excluding carboxylic acids is 2. The van der Waals surface area contributed by atoms with Gasteiger partial charge in [0.25, 0.3) is 0 Å². The zero-order valence-corrected chi connectivity index (χ0v) is 21.5. The van der Waals surface area contributed by atoms with E-state index in [0.29, 0.717) is 31.5 Å². The predicted octanol–water partition coefficient (Wildman–Crippen LogP) is 6.80. The van der Waals surface area contributed by atoms with Gasteiger partial charge in [0, 0.05) is 0 Å². The smallest absolute Gasteiger partial charge is 0.313 e. The maximum atomic E-state index is 14.1. The summed E-state index contributed by atoms with van der Waals surface area (Å²) in [5.41, 5.74) is -1.14. The molecule has 4 heteroatoms. The fraction of sp³-hybridized carbons (Fsp3) is 0.926. The highest BCUT2D eigenvalue weighted by molar-refractivity contribution is 5.88. The van der Waals surface area contributed by atoms with Crippen LogP contribution in [0.3, 0.4) is 0 Å². The van der Waals surface area contributed by atoms with Crippen molar-refractivity contribution in [3.8, 4) is 0 Å². The monoisotopic (exact) mass is 436 g/mol. The second kappa shape index (κ2) is 10.3. The fourth-order valence-corrected chi connectivity index (χ4v) is 7.29. The Morgan fingerprint density at radius 2 is 1.45 bits per heavy atom. The lowest BCUT2D eigenvalue weighted by molar-refractivity contribution is -0.186. The van der Waals surface area contributed by atoms with Crippen molar-refractivity contribution in [1.82, 2.24) is 0 Å². The standard InChI is InChI=1S/C27H48O4/c1-9-11-15-30-23(28)22-21-13-14-26(17-19(3)4,25(21,7)8)27(22,18-20(5)6)24(29)31-16-12-10-2/h19-22H,9-18H2,1-8H3. The lowest BCUT2D eigenvalue weighted by Crippen LogP contribution is -2.56. The van der Waals surface area contributed by atoms with Crippen LogP contribution >= 0.6 is 0 Å². The molecule has 0 aromatic rings. The number of ether oxygens (including phenoxy) is 2. The van der Waals surface area contributed by atoms with Crippen LogP contribution in [-0.2, 0) is 19.1 Å². The molecule has 0 aromatic carbocycles. The fourth-order valence-electron chi connectivity index (χ4n) is 7.29. The van der Waals surface area contributed by atoms with Crippen molar-refractivity contribution in [2.24, 2.45) is 39.9 Å². The molecular formula is C27H48O4. The number of rotatable bonds is 12. The molecule has 0 saturated heterocycles. The molecule has 0 N–H and O–H groups in total. The minimum absolute atomic E-state index is 0.107. The molecule has 4 nitrogen and oxygen atoms in total. The van der Waals surface area contributed by atoms with E-state index in [-0.39, 0.29) is 28.7 Å². The van der Waals surface area contributed by atoms with Gasteiger partial charge in [-0.15, -0.1) is 0 Å². The number of hydrogen-bond acceptors (Lipinski definition) is 4. The SMILES string of the molecule is CCCCOC(=O)C1C2CCC(CC(C)C)(C2(C)C)C1(CC(C)C)C(=O)OCCCC. The summed E-state index contributed by atoms with van der Waals surface area (Å²) in [7, 11) is 0. The molecule has 2 aliphatic carbocycles. The number of carbonyl (C=O) groups is 2. The van der Waals surface area contributed by atoms with Crippen molar-refractivity contribution >= 4 is 11.9 Å². The van der Waals surface area contributed by atoms with Crippen molar-refractivity contribution in [1.29, 1.82) is 0 Å². The van der Waals surface area contributed by atoms with Crippen molar-refractivity contribution in [2.45, 2.75) is 107 Å². The molecule has 0 radical (unpaired) electrons. The summed E-state index contributed by atoms with van der Waals surface area (Å²) < 4.78 is 11.8. The largest absolute Gasteiger partial charge is 0.465 e. The van der Waals surface area contributed by atoms with E-state index in [1.807, 2.05) is 0 Å². The van der Waals surface area contributed by atoms with Crippen LogP contribution in [0.5, 0.6) is 0 Å². The molecule has 4 unspecified atom stereocenters. The zero-order valence-electron chi connectivity index (χ0n) is 21.5. The highest BCUT2D eigenvalue weighted by Gasteiger charge is 2.79. The van der Waals surface area contributed by atoms with Crippen LogP contribution in [0.2, 0.25) is 0 Å². The van der Waals surface area contributed by atoms with Gasteiger partial charge in [0.1, 0.15) is 0 Å². The Balaban J connectivity index is 2.62. The number of esters is 2. The van der Waals surface area contributed by atoms with E-state index in [1.54, 1.807) is 0 Å². The van der Waals surface area contributed by atoms with E-state index in [1.165, 1.54) is 0 Å². The third-order valence-electron chi connectivity index (χ3n) is 8.41. The summed E-state index contributed by atoms with van der Waals surface area (Å²) in [6.07, 6.45) is 7.33. The third-order valence-corrected chi connectivity index (χ3v) is 8.41. The quantitative estimate of drug-likeness (QED) is 0.249. The molecule has 2 fully saturated rings. The van der Waals surface area contributed by atoms with Crippen molar-refractivity contribution in [3.05, 3.63) is 0 Å². The summed E-state index contributed by atoms with van der Waals surface area (Å²) in [6, 6.07) is 0. The van der Waals surface area contributed by atoms with Crippen LogP contribution in [0.15, 0.2) is 0 Å². The Hall–Kier alpha value is -1.06. The second-order valence-corrected chi connectivity index (χ2v) is 11.6. The van der Waals surface area contributed by atoms with E-state index in [2.05, 4.69) is 55.4 Å². The second-order valence-electron chi connectivity index (χ2n) is 11.6. The van der Waals surface area contributed by atoms with E-state index in [4.69, 9.17) is 9.47 Å². The van der Waals surface area contributed by atoms with Gasteiger partial charge < -0.3 is 9.47 Å². The summed E-state index contributed by atoms with van der Waals surface area (Å²) in [4.78, 5) is 27.7. The molecule has 0 aromatic heterocycles. The molecule has 4 atom stereocenters. The summed E-state index contributed by atoms with van der Waals surface area (Å²) in [5.74, 6) is 0.209.